The molecular weight excluding hydrogens is 296 g/mol. The molecule has 3 rings (SSSR count). The molecule has 1 aromatic carbocycles. The van der Waals surface area contributed by atoms with Gasteiger partial charge in [0.2, 0.25) is 0 Å². The smallest absolute Gasteiger partial charge is 0.337 e. The lowest BCUT2D eigenvalue weighted by Crippen LogP contribution is -2.07. The second-order valence-corrected chi connectivity index (χ2v) is 4.93. The number of carboxylic acid groups (broad SMARTS) is 1. The van der Waals surface area contributed by atoms with Crippen molar-refractivity contribution in [1.29, 1.82) is 0 Å². The van der Waals surface area contributed by atoms with Gasteiger partial charge in [-0.1, -0.05) is 0 Å². The number of anilines is 2. The molecule has 3 N–H and O–H groups in total. The van der Waals surface area contributed by atoms with Gasteiger partial charge in [0, 0.05) is 5.69 Å². The fourth-order valence-electron chi connectivity index (χ4n) is 2.18. The second-order valence-electron chi connectivity index (χ2n) is 4.93. The van der Waals surface area contributed by atoms with Crippen LogP contribution in [-0.2, 0) is 13.1 Å². The first-order valence-electron chi connectivity index (χ1n) is 7.12. The molecule has 0 unspecified atom stereocenters. The fraction of sp³-hybridized carbons (Fsp3) is 0.118. The highest BCUT2D eigenvalue weighted by Gasteiger charge is 2.11. The van der Waals surface area contributed by atoms with Gasteiger partial charge in [0.1, 0.15) is 11.5 Å². The molecule has 0 spiro atoms. The topological polar surface area (TPSA) is 87.6 Å². The molecule has 0 saturated heterocycles. The number of aromatic carboxylic acids is 1. The minimum atomic E-state index is -0.982. The van der Waals surface area contributed by atoms with Gasteiger partial charge in [-0.25, -0.2) is 4.79 Å². The third kappa shape index (κ3) is 3.74. The van der Waals surface area contributed by atoms with Crippen LogP contribution >= 0.6 is 0 Å². The van der Waals surface area contributed by atoms with Crippen molar-refractivity contribution in [2.24, 2.45) is 0 Å². The Morgan fingerprint density at radius 2 is 1.61 bits per heavy atom. The predicted molar refractivity (Wildman–Crippen MR) is 85.5 cm³/mol. The van der Waals surface area contributed by atoms with E-state index in [1.807, 2.05) is 18.2 Å². The molecule has 23 heavy (non-hydrogen) atoms. The zero-order valence-electron chi connectivity index (χ0n) is 12.3. The van der Waals surface area contributed by atoms with Crippen LogP contribution < -0.4 is 10.6 Å². The van der Waals surface area contributed by atoms with Crippen molar-refractivity contribution in [2.75, 3.05) is 10.6 Å². The Morgan fingerprint density at radius 3 is 2.17 bits per heavy atom. The largest absolute Gasteiger partial charge is 0.478 e. The fourth-order valence-corrected chi connectivity index (χ4v) is 2.18. The van der Waals surface area contributed by atoms with Gasteiger partial charge in [-0.2, -0.15) is 0 Å². The maximum Gasteiger partial charge on any atom is 0.337 e. The molecule has 0 fully saturated rings. The lowest BCUT2D eigenvalue weighted by molar-refractivity contribution is 0.0698. The average Bonchev–Trinajstić information content (AvgIpc) is 3.24. The molecule has 0 atom stereocenters. The van der Waals surface area contributed by atoms with Gasteiger partial charge in [-0.3, -0.25) is 0 Å². The third-order valence-electron chi connectivity index (χ3n) is 3.33. The lowest BCUT2D eigenvalue weighted by Gasteiger charge is -2.12. The summed E-state index contributed by atoms with van der Waals surface area (Å²) < 4.78 is 10.5. The van der Waals surface area contributed by atoms with Gasteiger partial charge >= 0.3 is 5.97 Å². The molecule has 3 aromatic rings. The predicted octanol–water partition coefficient (Wildman–Crippen LogP) is 3.80. The SMILES string of the molecule is O=C(O)c1ccc(NCc2ccco2)cc1NCc1ccco1. The van der Waals surface area contributed by atoms with Crippen molar-refractivity contribution in [3.8, 4) is 0 Å². The van der Waals surface area contributed by atoms with E-state index < -0.39 is 5.97 Å². The Hall–Kier alpha value is -3.15. The Bertz CT molecular complexity index is 764. The monoisotopic (exact) mass is 312 g/mol. The van der Waals surface area contributed by atoms with Crippen LogP contribution in [0, 0.1) is 0 Å². The third-order valence-corrected chi connectivity index (χ3v) is 3.33. The second kappa shape index (κ2) is 6.74. The lowest BCUT2D eigenvalue weighted by atomic mass is 10.1. The van der Waals surface area contributed by atoms with Crippen LogP contribution in [-0.4, -0.2) is 11.1 Å². The van der Waals surface area contributed by atoms with Crippen molar-refractivity contribution in [3.05, 3.63) is 72.1 Å². The number of carboxylic acids is 1. The van der Waals surface area contributed by atoms with E-state index in [0.29, 0.717) is 18.8 Å². The van der Waals surface area contributed by atoms with Crippen molar-refractivity contribution < 1.29 is 18.7 Å². The number of rotatable bonds is 7. The minimum Gasteiger partial charge on any atom is -0.478 e. The van der Waals surface area contributed by atoms with Gasteiger partial charge in [0.25, 0.3) is 0 Å². The number of nitrogens with one attached hydrogen (secondary N) is 2. The van der Waals surface area contributed by atoms with Crippen LogP contribution in [0.25, 0.3) is 0 Å². The van der Waals surface area contributed by atoms with Crippen molar-refractivity contribution in [1.82, 2.24) is 0 Å². The van der Waals surface area contributed by atoms with Crippen molar-refractivity contribution >= 4 is 17.3 Å². The highest BCUT2D eigenvalue weighted by atomic mass is 16.4. The molecule has 0 aliphatic carbocycles. The quantitative estimate of drug-likeness (QED) is 0.615. The summed E-state index contributed by atoms with van der Waals surface area (Å²) >= 11 is 0. The summed E-state index contributed by atoms with van der Waals surface area (Å²) in [5.41, 5.74) is 1.53. The van der Waals surface area contributed by atoms with Gasteiger partial charge in [0.15, 0.2) is 0 Å². The first kappa shape index (κ1) is 14.8. The molecular formula is C17H16N2O4. The summed E-state index contributed by atoms with van der Waals surface area (Å²) in [6.45, 7) is 0.936. The zero-order chi connectivity index (χ0) is 16.1. The van der Waals surface area contributed by atoms with E-state index in [9.17, 15) is 9.90 Å². The van der Waals surface area contributed by atoms with Crippen LogP contribution in [0.3, 0.4) is 0 Å². The van der Waals surface area contributed by atoms with E-state index in [-0.39, 0.29) is 5.56 Å². The standard InChI is InChI=1S/C17H16N2O4/c20-17(21)15-6-5-12(18-10-13-3-1-7-22-13)9-16(15)19-11-14-4-2-8-23-14/h1-9,18-19H,10-11H2,(H,20,21). The molecule has 6 heteroatoms. The summed E-state index contributed by atoms with van der Waals surface area (Å²) in [5, 5.41) is 15.6. The summed E-state index contributed by atoms with van der Waals surface area (Å²) in [5.74, 6) is 0.553. The summed E-state index contributed by atoms with van der Waals surface area (Å²) in [6.07, 6.45) is 3.19. The molecule has 2 aromatic heterocycles. The summed E-state index contributed by atoms with van der Waals surface area (Å²) in [4.78, 5) is 11.3. The van der Waals surface area contributed by atoms with Crippen LogP contribution in [0.4, 0.5) is 11.4 Å². The molecule has 118 valence electrons. The minimum absolute atomic E-state index is 0.208. The first-order chi connectivity index (χ1) is 11.2. The zero-order valence-corrected chi connectivity index (χ0v) is 12.3. The molecule has 0 aliphatic heterocycles. The first-order valence-corrected chi connectivity index (χ1v) is 7.12. The Morgan fingerprint density at radius 1 is 0.957 bits per heavy atom. The van der Waals surface area contributed by atoms with Crippen LogP contribution in [0.15, 0.2) is 63.8 Å². The van der Waals surface area contributed by atoms with Crippen LogP contribution in [0.1, 0.15) is 21.9 Å². The average molecular weight is 312 g/mol. The Labute approximate surface area is 132 Å². The molecule has 0 aliphatic rings. The normalized spacial score (nSPS) is 10.4. The Balaban J connectivity index is 1.73. The number of furan rings is 2. The van der Waals surface area contributed by atoms with E-state index in [4.69, 9.17) is 8.83 Å². The molecule has 6 nitrogen and oxygen atoms in total. The summed E-state index contributed by atoms with van der Waals surface area (Å²) in [7, 11) is 0. The van der Waals surface area contributed by atoms with Gasteiger partial charge in [-0.15, -0.1) is 0 Å². The molecule has 0 radical (unpaired) electrons. The number of hydrogen-bond donors (Lipinski definition) is 3. The van der Waals surface area contributed by atoms with Gasteiger partial charge in [0.05, 0.1) is 36.9 Å². The summed E-state index contributed by atoms with van der Waals surface area (Å²) in [6, 6.07) is 12.4. The molecule has 2 heterocycles. The van der Waals surface area contributed by atoms with Crippen LogP contribution in [0.2, 0.25) is 0 Å². The number of benzene rings is 1. The van der Waals surface area contributed by atoms with E-state index >= 15 is 0 Å². The van der Waals surface area contributed by atoms with Gasteiger partial charge in [-0.05, 0) is 42.5 Å². The van der Waals surface area contributed by atoms with E-state index in [1.165, 1.54) is 0 Å². The maximum atomic E-state index is 11.3. The Kier molecular flexibility index (Phi) is 4.33. The maximum absolute atomic E-state index is 11.3. The van der Waals surface area contributed by atoms with Gasteiger partial charge < -0.3 is 24.6 Å². The molecule has 0 saturated carbocycles. The highest BCUT2D eigenvalue weighted by Crippen LogP contribution is 2.22. The van der Waals surface area contributed by atoms with E-state index in [2.05, 4.69) is 10.6 Å². The van der Waals surface area contributed by atoms with E-state index in [0.717, 1.165) is 17.2 Å². The molecule has 0 bridgehead atoms. The molecule has 0 amide bonds. The van der Waals surface area contributed by atoms with Crippen molar-refractivity contribution in [3.63, 3.8) is 0 Å². The number of carbonyl (C=O) groups is 1. The van der Waals surface area contributed by atoms with Crippen LogP contribution in [0.5, 0.6) is 0 Å². The highest BCUT2D eigenvalue weighted by molar-refractivity contribution is 5.95. The van der Waals surface area contributed by atoms with Crippen molar-refractivity contribution in [2.45, 2.75) is 13.1 Å². The van der Waals surface area contributed by atoms with E-state index in [1.54, 1.807) is 36.8 Å². The number of hydrogen-bond acceptors (Lipinski definition) is 5.